The van der Waals surface area contributed by atoms with Gasteiger partial charge in [0.1, 0.15) is 17.5 Å². The number of nitrogens with zero attached hydrogens (tertiary/aromatic N) is 4. The largest absolute Gasteiger partial charge is 0.360 e. The van der Waals surface area contributed by atoms with Crippen LogP contribution in [-0.2, 0) is 0 Å². The molecule has 1 N–H and O–H groups in total. The van der Waals surface area contributed by atoms with Crippen molar-refractivity contribution in [2.24, 2.45) is 5.92 Å². The molecule has 5 nitrogen and oxygen atoms in total. The van der Waals surface area contributed by atoms with Crippen LogP contribution in [0.3, 0.4) is 0 Å². The molecule has 1 saturated heterocycles. The van der Waals surface area contributed by atoms with E-state index in [0.29, 0.717) is 11.1 Å². The van der Waals surface area contributed by atoms with Gasteiger partial charge in [-0.05, 0) is 82.9 Å². The Labute approximate surface area is 172 Å². The molecule has 0 bridgehead atoms. The van der Waals surface area contributed by atoms with Crippen LogP contribution in [0, 0.1) is 18.7 Å². The summed E-state index contributed by atoms with van der Waals surface area (Å²) in [5, 5.41) is 0. The number of imidazole rings is 1. The highest BCUT2D eigenvalue weighted by molar-refractivity contribution is 5.82. The Morgan fingerprint density at radius 3 is 2.72 bits per heavy atom. The van der Waals surface area contributed by atoms with Crippen LogP contribution in [0.2, 0.25) is 0 Å². The Bertz CT molecular complexity index is 957. The lowest BCUT2D eigenvalue weighted by Gasteiger charge is -2.29. The fourth-order valence-corrected chi connectivity index (χ4v) is 4.16. The first-order valence-corrected chi connectivity index (χ1v) is 10.5. The summed E-state index contributed by atoms with van der Waals surface area (Å²) in [6.07, 6.45) is 6.99. The minimum atomic E-state index is -0.231. The maximum absolute atomic E-state index is 13.8. The van der Waals surface area contributed by atoms with Gasteiger partial charge in [0.15, 0.2) is 0 Å². The molecule has 0 spiro atoms. The Morgan fingerprint density at radius 2 is 2.00 bits per heavy atom. The zero-order valence-corrected chi connectivity index (χ0v) is 17.6. The molecule has 1 fully saturated rings. The molecule has 29 heavy (non-hydrogen) atoms. The van der Waals surface area contributed by atoms with Crippen molar-refractivity contribution in [1.82, 2.24) is 19.9 Å². The zero-order chi connectivity index (χ0) is 20.4. The molecule has 3 aromatic rings. The van der Waals surface area contributed by atoms with Crippen molar-refractivity contribution in [1.29, 1.82) is 0 Å². The summed E-state index contributed by atoms with van der Waals surface area (Å²) >= 11 is 0. The molecule has 2 aromatic heterocycles. The summed E-state index contributed by atoms with van der Waals surface area (Å²) in [5.74, 6) is 2.33. The minimum Gasteiger partial charge on any atom is -0.360 e. The van der Waals surface area contributed by atoms with Gasteiger partial charge in [-0.25, -0.2) is 14.4 Å². The summed E-state index contributed by atoms with van der Waals surface area (Å²) in [6, 6.07) is 7.26. The van der Waals surface area contributed by atoms with Crippen LogP contribution in [-0.4, -0.2) is 53.6 Å². The monoisotopic (exact) mass is 395 g/mol. The van der Waals surface area contributed by atoms with Gasteiger partial charge in [0, 0.05) is 30.9 Å². The number of aromatic amines is 1. The Balaban J connectivity index is 1.37. The summed E-state index contributed by atoms with van der Waals surface area (Å²) < 4.78 is 13.8. The number of H-pyrrole nitrogens is 1. The van der Waals surface area contributed by atoms with Crippen molar-refractivity contribution in [3.8, 4) is 11.4 Å². The molecule has 154 valence electrons. The fourth-order valence-electron chi connectivity index (χ4n) is 4.16. The summed E-state index contributed by atoms with van der Waals surface area (Å²) in [5.41, 5.74) is 2.99. The second-order valence-electron chi connectivity index (χ2n) is 8.37. The number of pyridine rings is 1. The highest BCUT2D eigenvalue weighted by Crippen LogP contribution is 2.25. The van der Waals surface area contributed by atoms with E-state index in [1.54, 1.807) is 13.0 Å². The Hall–Kier alpha value is -2.47. The molecule has 6 heteroatoms. The molecule has 4 rings (SSSR count). The van der Waals surface area contributed by atoms with Crippen molar-refractivity contribution < 1.29 is 4.39 Å². The van der Waals surface area contributed by atoms with Crippen LogP contribution in [0.5, 0.6) is 0 Å². The summed E-state index contributed by atoms with van der Waals surface area (Å²) in [7, 11) is 4.31. The zero-order valence-electron chi connectivity index (χ0n) is 17.6. The highest BCUT2D eigenvalue weighted by Gasteiger charge is 2.16. The number of nitrogens with one attached hydrogen (secondary N) is 1. The second-order valence-corrected chi connectivity index (χ2v) is 8.37. The van der Waals surface area contributed by atoms with Crippen LogP contribution in [0.4, 0.5) is 10.2 Å². The third kappa shape index (κ3) is 4.42. The maximum Gasteiger partial charge on any atom is 0.140 e. The van der Waals surface area contributed by atoms with Gasteiger partial charge < -0.3 is 14.8 Å². The number of aromatic nitrogens is 3. The number of rotatable bonds is 6. The van der Waals surface area contributed by atoms with Gasteiger partial charge in [0.2, 0.25) is 0 Å². The van der Waals surface area contributed by atoms with Gasteiger partial charge >= 0.3 is 0 Å². The van der Waals surface area contributed by atoms with E-state index < -0.39 is 0 Å². The Morgan fingerprint density at radius 1 is 1.21 bits per heavy atom. The number of benzene rings is 1. The van der Waals surface area contributed by atoms with Crippen LogP contribution in [0.1, 0.15) is 31.2 Å². The maximum atomic E-state index is 13.8. The Kier molecular flexibility index (Phi) is 5.81. The number of anilines is 1. The van der Waals surface area contributed by atoms with Crippen LogP contribution < -0.4 is 4.90 Å². The molecular weight excluding hydrogens is 365 g/mol. The SMILES string of the molecule is Cc1c(F)ccc2[nH]c(-c3ccc(N(C)CCCC4CCN(C)CC4)nc3)nc12. The topological polar surface area (TPSA) is 48.1 Å². The average molecular weight is 396 g/mol. The van der Waals surface area contributed by atoms with Crippen LogP contribution in [0.15, 0.2) is 30.5 Å². The predicted molar refractivity (Wildman–Crippen MR) is 117 cm³/mol. The highest BCUT2D eigenvalue weighted by atomic mass is 19.1. The molecule has 0 radical (unpaired) electrons. The van der Waals surface area contributed by atoms with E-state index in [9.17, 15) is 4.39 Å². The number of halogens is 1. The molecule has 0 atom stereocenters. The predicted octanol–water partition coefficient (Wildman–Crippen LogP) is 4.63. The first kappa shape index (κ1) is 19.8. The van der Waals surface area contributed by atoms with Gasteiger partial charge in [-0.3, -0.25) is 0 Å². The third-order valence-corrected chi connectivity index (χ3v) is 6.20. The van der Waals surface area contributed by atoms with Crippen molar-refractivity contribution in [3.05, 3.63) is 41.8 Å². The van der Waals surface area contributed by atoms with E-state index in [1.807, 2.05) is 18.3 Å². The first-order chi connectivity index (χ1) is 14.0. The van der Waals surface area contributed by atoms with E-state index in [-0.39, 0.29) is 5.82 Å². The molecule has 3 heterocycles. The molecule has 1 aliphatic rings. The van der Waals surface area contributed by atoms with Crippen molar-refractivity contribution in [3.63, 3.8) is 0 Å². The lowest BCUT2D eigenvalue weighted by Crippen LogP contribution is -2.30. The normalized spacial score (nSPS) is 15.9. The lowest BCUT2D eigenvalue weighted by molar-refractivity contribution is 0.211. The molecule has 0 aliphatic carbocycles. The standard InChI is InChI=1S/C23H30FN5/c1-16-19(24)7-8-20-22(16)27-23(26-20)18-6-9-21(25-15-18)29(3)12-4-5-17-10-13-28(2)14-11-17/h6-9,15,17H,4-5,10-14H2,1-3H3,(H,26,27). The number of fused-ring (bicyclic) bond motifs is 1. The number of aryl methyl sites for hydroxylation is 1. The average Bonchev–Trinajstić information content (AvgIpc) is 3.17. The molecule has 0 unspecified atom stereocenters. The summed E-state index contributed by atoms with van der Waals surface area (Å²) in [6.45, 7) is 5.24. The third-order valence-electron chi connectivity index (χ3n) is 6.20. The van der Waals surface area contributed by atoms with E-state index in [0.717, 1.165) is 35.2 Å². The van der Waals surface area contributed by atoms with E-state index >= 15 is 0 Å². The molecule has 1 aromatic carbocycles. The van der Waals surface area contributed by atoms with E-state index in [1.165, 1.54) is 44.8 Å². The molecule has 0 saturated carbocycles. The number of likely N-dealkylation sites (tertiary alicyclic amines) is 1. The van der Waals surface area contributed by atoms with E-state index in [2.05, 4.69) is 38.8 Å². The smallest absolute Gasteiger partial charge is 0.140 e. The van der Waals surface area contributed by atoms with Crippen LogP contribution >= 0.6 is 0 Å². The second kappa shape index (κ2) is 8.49. The quantitative estimate of drug-likeness (QED) is 0.661. The number of hydrogen-bond acceptors (Lipinski definition) is 4. The number of piperidine rings is 1. The van der Waals surface area contributed by atoms with Crippen molar-refractivity contribution >= 4 is 16.9 Å². The van der Waals surface area contributed by atoms with Gasteiger partial charge in [-0.1, -0.05) is 0 Å². The molecular formula is C23H30FN5. The van der Waals surface area contributed by atoms with Crippen molar-refractivity contribution in [2.75, 3.05) is 38.6 Å². The number of hydrogen-bond donors (Lipinski definition) is 1. The van der Waals surface area contributed by atoms with E-state index in [4.69, 9.17) is 0 Å². The van der Waals surface area contributed by atoms with Gasteiger partial charge in [0.25, 0.3) is 0 Å². The minimum absolute atomic E-state index is 0.231. The fraction of sp³-hybridized carbons (Fsp3) is 0.478. The molecule has 1 aliphatic heterocycles. The van der Waals surface area contributed by atoms with Crippen LogP contribution in [0.25, 0.3) is 22.4 Å². The van der Waals surface area contributed by atoms with Gasteiger partial charge in [-0.2, -0.15) is 0 Å². The van der Waals surface area contributed by atoms with Gasteiger partial charge in [-0.15, -0.1) is 0 Å². The lowest BCUT2D eigenvalue weighted by atomic mass is 9.92. The van der Waals surface area contributed by atoms with Gasteiger partial charge in [0.05, 0.1) is 11.0 Å². The first-order valence-electron chi connectivity index (χ1n) is 10.5. The van der Waals surface area contributed by atoms with Crippen molar-refractivity contribution in [2.45, 2.75) is 32.6 Å². The molecule has 0 amide bonds. The summed E-state index contributed by atoms with van der Waals surface area (Å²) in [4.78, 5) is 17.1.